The molecule has 0 saturated heterocycles. The Morgan fingerprint density at radius 1 is 0.868 bits per heavy atom. The molecule has 200 valence electrons. The maximum absolute atomic E-state index is 6.55. The second-order valence-corrected chi connectivity index (χ2v) is 9.85. The first kappa shape index (κ1) is 26.0. The van der Waals surface area contributed by atoms with Crippen LogP contribution in [0.4, 0.5) is 0 Å². The minimum Gasteiger partial charge on any atom is -0.494 e. The number of hydrazone groups is 1. The number of benzene rings is 3. The number of nitrogens with zero attached hydrogens (tertiary/aromatic N) is 2. The van der Waals surface area contributed by atoms with Gasteiger partial charge < -0.3 is 18.9 Å². The van der Waals surface area contributed by atoms with Gasteiger partial charge in [-0.15, -0.1) is 0 Å². The van der Waals surface area contributed by atoms with E-state index in [1.165, 1.54) is 0 Å². The van der Waals surface area contributed by atoms with Crippen molar-refractivity contribution < 1.29 is 18.9 Å². The molecule has 0 N–H and O–H groups in total. The monoisotopic (exact) mass is 514 g/mol. The molecule has 0 saturated carbocycles. The highest BCUT2D eigenvalue weighted by Gasteiger charge is 2.41. The van der Waals surface area contributed by atoms with Crippen LogP contribution >= 0.6 is 0 Å². The van der Waals surface area contributed by atoms with Crippen LogP contribution in [0.3, 0.4) is 0 Å². The second kappa shape index (κ2) is 12.2. The lowest BCUT2D eigenvalue weighted by molar-refractivity contribution is -0.0191. The van der Waals surface area contributed by atoms with Crippen molar-refractivity contribution in [2.24, 2.45) is 5.10 Å². The molecule has 2 atom stereocenters. The molecule has 5 rings (SSSR count). The molecule has 0 aliphatic carbocycles. The van der Waals surface area contributed by atoms with Gasteiger partial charge in [0.25, 0.3) is 0 Å². The molecule has 2 heterocycles. The van der Waals surface area contributed by atoms with Gasteiger partial charge in [-0.25, -0.2) is 5.01 Å². The summed E-state index contributed by atoms with van der Waals surface area (Å²) >= 11 is 0. The first-order valence-electron chi connectivity index (χ1n) is 13.9. The van der Waals surface area contributed by atoms with Crippen LogP contribution in [0, 0.1) is 0 Å². The lowest BCUT2D eigenvalue weighted by Gasteiger charge is -2.38. The molecule has 6 heteroatoms. The van der Waals surface area contributed by atoms with Crippen LogP contribution in [0.2, 0.25) is 0 Å². The predicted molar refractivity (Wildman–Crippen MR) is 150 cm³/mol. The molecule has 38 heavy (non-hydrogen) atoms. The first-order chi connectivity index (χ1) is 18.7. The van der Waals surface area contributed by atoms with Gasteiger partial charge in [0, 0.05) is 17.5 Å². The summed E-state index contributed by atoms with van der Waals surface area (Å²) in [6.45, 7) is 5.78. The zero-order valence-electron chi connectivity index (χ0n) is 22.7. The molecule has 6 nitrogen and oxygen atoms in total. The Kier molecular flexibility index (Phi) is 8.37. The summed E-state index contributed by atoms with van der Waals surface area (Å²) in [5, 5.41) is 7.20. The van der Waals surface area contributed by atoms with Crippen molar-refractivity contribution in [3.63, 3.8) is 0 Å². The van der Waals surface area contributed by atoms with Gasteiger partial charge in [-0.05, 0) is 66.9 Å². The molecule has 0 spiro atoms. The van der Waals surface area contributed by atoms with E-state index >= 15 is 0 Å². The lowest BCUT2D eigenvalue weighted by Crippen LogP contribution is -2.33. The van der Waals surface area contributed by atoms with E-state index in [4.69, 9.17) is 24.0 Å². The zero-order valence-corrected chi connectivity index (χ0v) is 22.7. The van der Waals surface area contributed by atoms with E-state index < -0.39 is 0 Å². The highest BCUT2D eigenvalue weighted by molar-refractivity contribution is 6.02. The Morgan fingerprint density at radius 2 is 1.66 bits per heavy atom. The van der Waals surface area contributed by atoms with Gasteiger partial charge >= 0.3 is 0 Å². The molecular formula is C32H38N2O4. The van der Waals surface area contributed by atoms with Crippen LogP contribution < -0.4 is 18.9 Å². The molecule has 0 fully saturated rings. The third-order valence-electron chi connectivity index (χ3n) is 7.13. The third-order valence-corrected chi connectivity index (χ3v) is 7.13. The molecule has 2 aliphatic heterocycles. The van der Waals surface area contributed by atoms with E-state index in [-0.39, 0.29) is 12.3 Å². The number of hydrogen-bond donors (Lipinski definition) is 0. The summed E-state index contributed by atoms with van der Waals surface area (Å²) in [4.78, 5) is 0. The van der Waals surface area contributed by atoms with Crippen molar-refractivity contribution >= 4 is 5.71 Å². The van der Waals surface area contributed by atoms with Gasteiger partial charge in [0.15, 0.2) is 11.5 Å². The van der Waals surface area contributed by atoms with Gasteiger partial charge in [-0.2, -0.15) is 5.10 Å². The molecule has 0 aromatic heterocycles. The number of fused-ring (bicyclic) bond motifs is 3. The number of methoxy groups -OCH3 is 1. The van der Waals surface area contributed by atoms with Crippen LogP contribution in [0.1, 0.15) is 81.3 Å². The summed E-state index contributed by atoms with van der Waals surface area (Å²) in [7, 11) is 1.68. The maximum atomic E-state index is 6.55. The fourth-order valence-electron chi connectivity index (χ4n) is 5.00. The van der Waals surface area contributed by atoms with E-state index in [9.17, 15) is 0 Å². The summed E-state index contributed by atoms with van der Waals surface area (Å²) in [6.07, 6.45) is 5.97. The fourth-order valence-corrected chi connectivity index (χ4v) is 5.00. The van der Waals surface area contributed by atoms with Gasteiger partial charge in [0.2, 0.25) is 6.23 Å². The van der Waals surface area contributed by atoms with Crippen LogP contribution in [-0.4, -0.2) is 31.0 Å². The minimum atomic E-state index is -0.368. The number of unbranched alkanes of at least 4 members (excludes halogenated alkanes) is 3. The Morgan fingerprint density at radius 3 is 2.45 bits per heavy atom. The van der Waals surface area contributed by atoms with Crippen molar-refractivity contribution in [1.82, 2.24) is 5.01 Å². The Labute approximate surface area is 226 Å². The Bertz CT molecular complexity index is 1240. The molecule has 0 unspecified atom stereocenters. The van der Waals surface area contributed by atoms with E-state index in [1.54, 1.807) is 7.11 Å². The van der Waals surface area contributed by atoms with Crippen molar-refractivity contribution in [3.05, 3.63) is 83.4 Å². The summed E-state index contributed by atoms with van der Waals surface area (Å²) in [6, 6.07) is 22.7. The predicted octanol–water partition coefficient (Wildman–Crippen LogP) is 7.69. The van der Waals surface area contributed by atoms with E-state index in [0.717, 1.165) is 84.8 Å². The number of para-hydroxylation sites is 1. The quantitative estimate of drug-likeness (QED) is 0.232. The van der Waals surface area contributed by atoms with Gasteiger partial charge in [-0.1, -0.05) is 51.3 Å². The number of rotatable bonds is 12. The zero-order chi connectivity index (χ0) is 26.3. The van der Waals surface area contributed by atoms with Crippen molar-refractivity contribution in [2.45, 2.75) is 64.6 Å². The van der Waals surface area contributed by atoms with Crippen molar-refractivity contribution in [3.8, 4) is 23.0 Å². The molecule has 3 aromatic rings. The normalized spacial score (nSPS) is 17.8. The number of hydrogen-bond acceptors (Lipinski definition) is 6. The van der Waals surface area contributed by atoms with Crippen molar-refractivity contribution in [2.75, 3.05) is 20.3 Å². The highest BCUT2D eigenvalue weighted by atomic mass is 16.5. The summed E-state index contributed by atoms with van der Waals surface area (Å²) in [5.74, 6) is 3.26. The van der Waals surface area contributed by atoms with E-state index in [2.05, 4.69) is 49.2 Å². The van der Waals surface area contributed by atoms with Crippen LogP contribution in [0.25, 0.3) is 0 Å². The molecule has 3 aromatic carbocycles. The third kappa shape index (κ3) is 5.59. The topological polar surface area (TPSA) is 52.5 Å². The van der Waals surface area contributed by atoms with Crippen LogP contribution in [-0.2, 0) is 0 Å². The first-order valence-corrected chi connectivity index (χ1v) is 13.9. The molecule has 2 aliphatic rings. The molecule has 0 amide bonds. The standard InChI is InChI=1S/C32H38N2O4/c1-4-6-10-20-37-30-18-15-24(21-31(30)35-3)32-34-28(26-11-8-9-12-29(26)38-32)22-27(33-34)23-13-16-25(17-14-23)36-19-7-5-2/h8-9,11-18,21,28,32H,4-7,10,19-20,22H2,1-3H3/t28-,32+/m1/s1. The molecular weight excluding hydrogens is 476 g/mol. The fraction of sp³-hybridized carbons (Fsp3) is 0.406. The summed E-state index contributed by atoms with van der Waals surface area (Å²) < 4.78 is 24.1. The average Bonchev–Trinajstić information content (AvgIpc) is 3.41. The highest BCUT2D eigenvalue weighted by Crippen LogP contribution is 2.48. The van der Waals surface area contributed by atoms with Crippen molar-refractivity contribution in [1.29, 1.82) is 0 Å². The summed E-state index contributed by atoms with van der Waals surface area (Å²) in [5.41, 5.74) is 4.28. The van der Waals surface area contributed by atoms with E-state index in [1.807, 2.05) is 36.4 Å². The molecule has 0 radical (unpaired) electrons. The Hall–Kier alpha value is -3.67. The lowest BCUT2D eigenvalue weighted by atomic mass is 9.96. The average molecular weight is 515 g/mol. The largest absolute Gasteiger partial charge is 0.494 e. The smallest absolute Gasteiger partial charge is 0.214 e. The maximum Gasteiger partial charge on any atom is 0.214 e. The SMILES string of the molecule is CCCCCOc1ccc([C@@H]2Oc3ccccc3[C@H]3CC(c4ccc(OCCCC)cc4)=NN32)cc1OC. The minimum absolute atomic E-state index is 0.0939. The molecule has 0 bridgehead atoms. The van der Waals surface area contributed by atoms with Crippen LogP contribution in [0.5, 0.6) is 23.0 Å². The second-order valence-electron chi connectivity index (χ2n) is 9.85. The van der Waals surface area contributed by atoms with Gasteiger partial charge in [0.1, 0.15) is 11.5 Å². The van der Waals surface area contributed by atoms with Gasteiger partial charge in [-0.3, -0.25) is 0 Å². The van der Waals surface area contributed by atoms with E-state index in [0.29, 0.717) is 12.4 Å². The number of ether oxygens (including phenoxy) is 4. The van der Waals surface area contributed by atoms with Crippen LogP contribution in [0.15, 0.2) is 71.8 Å². The van der Waals surface area contributed by atoms with Gasteiger partial charge in [0.05, 0.1) is 32.1 Å². The Balaban J connectivity index is 1.41.